The summed E-state index contributed by atoms with van der Waals surface area (Å²) in [6.45, 7) is 0. The van der Waals surface area contributed by atoms with Gasteiger partial charge in [-0.2, -0.15) is 9.97 Å². The van der Waals surface area contributed by atoms with Gasteiger partial charge in [-0.25, -0.2) is 4.39 Å². The molecule has 1 aliphatic rings. The van der Waals surface area contributed by atoms with Crippen LogP contribution in [0.2, 0.25) is 0 Å². The third-order valence-corrected chi connectivity index (χ3v) is 3.58. The lowest BCUT2D eigenvalue weighted by molar-refractivity contribution is -0.384. The van der Waals surface area contributed by atoms with Gasteiger partial charge in [0.25, 0.3) is 0 Å². The number of halogens is 2. The second-order valence-corrected chi connectivity index (χ2v) is 5.59. The van der Waals surface area contributed by atoms with Gasteiger partial charge in [0.05, 0.1) is 9.40 Å². The van der Waals surface area contributed by atoms with E-state index in [-0.39, 0.29) is 23.6 Å². The topological polar surface area (TPSA) is 90.2 Å². The first kappa shape index (κ1) is 14.6. The zero-order valence-corrected chi connectivity index (χ0v) is 12.7. The summed E-state index contributed by atoms with van der Waals surface area (Å²) in [6, 6.07) is 4.02. The Morgan fingerprint density at radius 3 is 2.86 bits per heavy atom. The van der Waals surface area contributed by atoms with Crippen molar-refractivity contribution in [1.29, 1.82) is 0 Å². The van der Waals surface area contributed by atoms with Crippen molar-refractivity contribution in [3.8, 4) is 11.8 Å². The van der Waals surface area contributed by atoms with Gasteiger partial charge in [-0.3, -0.25) is 10.1 Å². The molecule has 1 aromatic heterocycles. The van der Waals surface area contributed by atoms with E-state index < -0.39 is 10.7 Å². The van der Waals surface area contributed by atoms with Gasteiger partial charge in [-0.15, -0.1) is 0 Å². The Balaban J connectivity index is 1.88. The number of anilines is 1. The van der Waals surface area contributed by atoms with Crippen molar-refractivity contribution in [2.45, 2.75) is 18.9 Å². The van der Waals surface area contributed by atoms with Gasteiger partial charge in [0.15, 0.2) is 0 Å². The van der Waals surface area contributed by atoms with Crippen molar-refractivity contribution in [1.82, 2.24) is 9.97 Å². The summed E-state index contributed by atoms with van der Waals surface area (Å²) in [5.41, 5.74) is -0.211. The summed E-state index contributed by atoms with van der Waals surface area (Å²) in [7, 11) is 0. The van der Waals surface area contributed by atoms with E-state index in [9.17, 15) is 14.5 Å². The van der Waals surface area contributed by atoms with Crippen LogP contribution in [0.4, 0.5) is 15.9 Å². The van der Waals surface area contributed by atoms with Gasteiger partial charge in [0, 0.05) is 6.04 Å². The molecule has 114 valence electrons. The van der Waals surface area contributed by atoms with Gasteiger partial charge in [-0.1, -0.05) is 0 Å². The lowest BCUT2D eigenvalue weighted by Crippen LogP contribution is -2.08. The number of nitrogens with one attached hydrogen (secondary N) is 1. The Labute approximate surface area is 132 Å². The number of nitro groups is 1. The predicted molar refractivity (Wildman–Crippen MR) is 79.5 cm³/mol. The molecule has 0 bridgehead atoms. The summed E-state index contributed by atoms with van der Waals surface area (Å²) in [4.78, 5) is 18.3. The summed E-state index contributed by atoms with van der Waals surface area (Å²) in [5.74, 6) is 0.0169. The lowest BCUT2D eigenvalue weighted by Gasteiger charge is -2.08. The highest BCUT2D eigenvalue weighted by atomic mass is 79.9. The Bertz CT molecular complexity index is 739. The van der Waals surface area contributed by atoms with Crippen molar-refractivity contribution in [3.05, 3.63) is 44.8 Å². The van der Waals surface area contributed by atoms with E-state index in [4.69, 9.17) is 4.74 Å². The van der Waals surface area contributed by atoms with E-state index in [2.05, 4.69) is 31.2 Å². The molecule has 0 radical (unpaired) electrons. The second kappa shape index (κ2) is 5.84. The van der Waals surface area contributed by atoms with Crippen LogP contribution in [0.5, 0.6) is 11.8 Å². The molecule has 0 saturated heterocycles. The standard InChI is InChI=1S/C13H10BrFN4O3/c14-9-5-7(15)1-4-11(9)22-13-16-6-10(19(20)21)12(18-13)17-8-2-3-8/h1,4-6,8H,2-3H2,(H,16,17,18). The molecule has 1 fully saturated rings. The smallest absolute Gasteiger partial charge is 0.329 e. The largest absolute Gasteiger partial charge is 0.423 e. The monoisotopic (exact) mass is 368 g/mol. The van der Waals surface area contributed by atoms with Gasteiger partial charge in [-0.05, 0) is 47.0 Å². The quantitative estimate of drug-likeness (QED) is 0.639. The van der Waals surface area contributed by atoms with Crippen molar-refractivity contribution in [2.24, 2.45) is 0 Å². The van der Waals surface area contributed by atoms with Gasteiger partial charge in [0.2, 0.25) is 5.82 Å². The van der Waals surface area contributed by atoms with E-state index in [1.54, 1.807) is 0 Å². The average Bonchev–Trinajstić information content (AvgIpc) is 3.26. The van der Waals surface area contributed by atoms with Crippen LogP contribution in [0.3, 0.4) is 0 Å². The third kappa shape index (κ3) is 3.30. The van der Waals surface area contributed by atoms with E-state index >= 15 is 0 Å². The van der Waals surface area contributed by atoms with Crippen LogP contribution in [0.25, 0.3) is 0 Å². The first-order valence-electron chi connectivity index (χ1n) is 6.44. The molecule has 1 heterocycles. The molecule has 9 heteroatoms. The highest BCUT2D eigenvalue weighted by Gasteiger charge is 2.27. The van der Waals surface area contributed by atoms with Gasteiger partial charge >= 0.3 is 11.7 Å². The van der Waals surface area contributed by atoms with Crippen LogP contribution in [0.1, 0.15) is 12.8 Å². The van der Waals surface area contributed by atoms with Gasteiger partial charge in [0.1, 0.15) is 17.8 Å². The summed E-state index contributed by atoms with van der Waals surface area (Å²) < 4.78 is 18.9. The fourth-order valence-electron chi connectivity index (χ4n) is 1.73. The molecule has 7 nitrogen and oxygen atoms in total. The molecule has 0 amide bonds. The van der Waals surface area contributed by atoms with E-state index in [0.717, 1.165) is 19.0 Å². The molecule has 1 saturated carbocycles. The molecular weight excluding hydrogens is 359 g/mol. The molecule has 22 heavy (non-hydrogen) atoms. The first-order valence-corrected chi connectivity index (χ1v) is 7.23. The minimum absolute atomic E-state index is 0.0546. The SMILES string of the molecule is O=[N+]([O-])c1cnc(Oc2ccc(F)cc2Br)nc1NC1CC1. The first-order chi connectivity index (χ1) is 10.5. The zero-order valence-electron chi connectivity index (χ0n) is 11.1. The van der Waals surface area contributed by atoms with Crippen LogP contribution in [0.15, 0.2) is 28.9 Å². The van der Waals surface area contributed by atoms with Crippen LogP contribution in [-0.2, 0) is 0 Å². The minimum atomic E-state index is -0.553. The van der Waals surface area contributed by atoms with Gasteiger partial charge < -0.3 is 10.1 Å². The van der Waals surface area contributed by atoms with Crippen LogP contribution in [-0.4, -0.2) is 20.9 Å². The van der Waals surface area contributed by atoms with E-state index in [1.807, 2.05) is 0 Å². The molecule has 2 aromatic rings. The molecule has 1 N–H and O–H groups in total. The number of aromatic nitrogens is 2. The minimum Gasteiger partial charge on any atom is -0.423 e. The number of hydrogen-bond donors (Lipinski definition) is 1. The Hall–Kier alpha value is -2.29. The molecule has 0 aliphatic heterocycles. The highest BCUT2D eigenvalue weighted by molar-refractivity contribution is 9.10. The van der Waals surface area contributed by atoms with Crippen molar-refractivity contribution in [3.63, 3.8) is 0 Å². The maximum absolute atomic E-state index is 13.0. The van der Waals surface area contributed by atoms with Crippen LogP contribution >= 0.6 is 15.9 Å². The molecule has 3 rings (SSSR count). The Morgan fingerprint density at radius 2 is 2.23 bits per heavy atom. The lowest BCUT2D eigenvalue weighted by atomic mass is 10.3. The van der Waals surface area contributed by atoms with E-state index in [1.165, 1.54) is 18.2 Å². The molecule has 1 aromatic carbocycles. The maximum Gasteiger partial charge on any atom is 0.329 e. The fourth-order valence-corrected chi connectivity index (χ4v) is 2.16. The summed E-state index contributed by atoms with van der Waals surface area (Å²) >= 11 is 3.17. The Kier molecular flexibility index (Phi) is 3.88. The molecule has 1 aliphatic carbocycles. The number of hydrogen-bond acceptors (Lipinski definition) is 6. The number of benzene rings is 1. The summed E-state index contributed by atoms with van der Waals surface area (Å²) in [5, 5.41) is 14.0. The fraction of sp³-hybridized carbons (Fsp3) is 0.231. The van der Waals surface area contributed by atoms with Crippen molar-refractivity contribution in [2.75, 3.05) is 5.32 Å². The average molecular weight is 369 g/mol. The van der Waals surface area contributed by atoms with Crippen molar-refractivity contribution < 1.29 is 14.1 Å². The predicted octanol–water partition coefficient (Wildman–Crippen LogP) is 3.65. The number of ether oxygens (including phenoxy) is 1. The molecular formula is C13H10BrFN4O3. The zero-order chi connectivity index (χ0) is 15.7. The summed E-state index contributed by atoms with van der Waals surface area (Å²) in [6.07, 6.45) is 2.98. The van der Waals surface area contributed by atoms with Crippen LogP contribution in [0, 0.1) is 15.9 Å². The third-order valence-electron chi connectivity index (χ3n) is 2.96. The molecule has 0 spiro atoms. The molecule has 0 atom stereocenters. The highest BCUT2D eigenvalue weighted by Crippen LogP contribution is 2.32. The second-order valence-electron chi connectivity index (χ2n) is 4.74. The molecule has 0 unspecified atom stereocenters. The van der Waals surface area contributed by atoms with Crippen LogP contribution < -0.4 is 10.1 Å². The van der Waals surface area contributed by atoms with Crippen molar-refractivity contribution >= 4 is 27.4 Å². The number of rotatable bonds is 5. The maximum atomic E-state index is 13.0. The Morgan fingerprint density at radius 1 is 1.45 bits per heavy atom. The normalized spacial score (nSPS) is 13.7. The number of nitrogens with zero attached hydrogens (tertiary/aromatic N) is 3. The van der Waals surface area contributed by atoms with E-state index in [0.29, 0.717) is 10.2 Å².